The fourth-order valence-electron chi connectivity index (χ4n) is 1.40. The van der Waals surface area contributed by atoms with Gasteiger partial charge in [0.1, 0.15) is 5.15 Å². The highest BCUT2D eigenvalue weighted by molar-refractivity contribution is 6.29. The first-order valence-corrected chi connectivity index (χ1v) is 5.70. The van der Waals surface area contributed by atoms with Crippen molar-refractivity contribution in [2.24, 2.45) is 0 Å². The predicted octanol–water partition coefficient (Wildman–Crippen LogP) is 1.28. The molecule has 0 fully saturated rings. The Morgan fingerprint density at radius 2 is 2.24 bits per heavy atom. The SMILES string of the molecule is CC(C)NC(=O)CN(C)c1nc(Cl)ccc1N. The van der Waals surface area contributed by atoms with Crippen LogP contribution in [0.5, 0.6) is 0 Å². The number of nitrogens with zero attached hydrogens (tertiary/aromatic N) is 2. The Morgan fingerprint density at radius 3 is 2.82 bits per heavy atom. The Kier molecular flexibility index (Phi) is 4.57. The van der Waals surface area contributed by atoms with Crippen molar-refractivity contribution in [1.29, 1.82) is 0 Å². The van der Waals surface area contributed by atoms with Crippen molar-refractivity contribution >= 4 is 29.0 Å². The molecule has 0 aliphatic carbocycles. The van der Waals surface area contributed by atoms with Gasteiger partial charge in [-0.05, 0) is 26.0 Å². The first-order valence-electron chi connectivity index (χ1n) is 5.32. The number of rotatable bonds is 4. The molecule has 1 amide bonds. The number of amides is 1. The van der Waals surface area contributed by atoms with E-state index in [9.17, 15) is 4.79 Å². The van der Waals surface area contributed by atoms with Gasteiger partial charge in [-0.2, -0.15) is 0 Å². The highest BCUT2D eigenvalue weighted by Gasteiger charge is 2.12. The van der Waals surface area contributed by atoms with Crippen LogP contribution in [0.25, 0.3) is 0 Å². The topological polar surface area (TPSA) is 71.2 Å². The Hall–Kier alpha value is -1.49. The number of nitrogens with two attached hydrogens (primary N) is 1. The Labute approximate surface area is 106 Å². The summed E-state index contributed by atoms with van der Waals surface area (Å²) >= 11 is 5.79. The van der Waals surface area contributed by atoms with Gasteiger partial charge in [-0.1, -0.05) is 11.6 Å². The zero-order chi connectivity index (χ0) is 13.0. The van der Waals surface area contributed by atoms with Gasteiger partial charge in [0.2, 0.25) is 5.91 Å². The third-order valence-corrected chi connectivity index (χ3v) is 2.27. The standard InChI is InChI=1S/C11H17ClN4O/c1-7(2)14-10(17)6-16(3)11-8(13)4-5-9(12)15-11/h4-5,7H,6,13H2,1-3H3,(H,14,17). The summed E-state index contributed by atoms with van der Waals surface area (Å²) in [5, 5.41) is 3.15. The number of hydrogen-bond acceptors (Lipinski definition) is 4. The summed E-state index contributed by atoms with van der Waals surface area (Å²) in [5.74, 6) is 0.431. The Bertz CT molecular complexity index is 408. The zero-order valence-corrected chi connectivity index (χ0v) is 11.0. The highest BCUT2D eigenvalue weighted by Crippen LogP contribution is 2.21. The second-order valence-corrected chi connectivity index (χ2v) is 4.51. The molecule has 0 atom stereocenters. The van der Waals surface area contributed by atoms with E-state index in [1.54, 1.807) is 24.1 Å². The van der Waals surface area contributed by atoms with Crippen LogP contribution in [0.4, 0.5) is 11.5 Å². The first kappa shape index (κ1) is 13.6. The van der Waals surface area contributed by atoms with Gasteiger partial charge in [0.15, 0.2) is 5.82 Å². The lowest BCUT2D eigenvalue weighted by atomic mass is 10.3. The van der Waals surface area contributed by atoms with Crippen LogP contribution in [0.15, 0.2) is 12.1 Å². The summed E-state index contributed by atoms with van der Waals surface area (Å²) < 4.78 is 0. The van der Waals surface area contributed by atoms with E-state index in [1.807, 2.05) is 13.8 Å². The number of halogens is 1. The molecule has 0 aliphatic heterocycles. The number of nitrogen functional groups attached to an aromatic ring is 1. The van der Waals surface area contributed by atoms with Crippen LogP contribution >= 0.6 is 11.6 Å². The molecule has 0 radical (unpaired) electrons. The van der Waals surface area contributed by atoms with Crippen molar-refractivity contribution < 1.29 is 4.79 Å². The molecule has 1 aromatic rings. The van der Waals surface area contributed by atoms with Gasteiger partial charge in [0.05, 0.1) is 12.2 Å². The number of aromatic nitrogens is 1. The van der Waals surface area contributed by atoms with Gasteiger partial charge in [-0.15, -0.1) is 0 Å². The third kappa shape index (κ3) is 4.11. The first-order chi connectivity index (χ1) is 7.90. The van der Waals surface area contributed by atoms with Gasteiger partial charge in [-0.25, -0.2) is 4.98 Å². The largest absolute Gasteiger partial charge is 0.396 e. The second-order valence-electron chi connectivity index (χ2n) is 4.13. The molecule has 3 N–H and O–H groups in total. The van der Waals surface area contributed by atoms with Crippen molar-refractivity contribution in [3.63, 3.8) is 0 Å². The number of likely N-dealkylation sites (N-methyl/N-ethyl adjacent to an activating group) is 1. The van der Waals surface area contributed by atoms with Crippen LogP contribution in [0.2, 0.25) is 5.15 Å². The summed E-state index contributed by atoms with van der Waals surface area (Å²) in [6.45, 7) is 4.00. The minimum Gasteiger partial charge on any atom is -0.396 e. The average Bonchev–Trinajstić information content (AvgIpc) is 2.20. The molecular formula is C11H17ClN4O. The number of pyridine rings is 1. The summed E-state index contributed by atoms with van der Waals surface area (Å²) in [6, 6.07) is 3.39. The molecule has 0 spiro atoms. The summed E-state index contributed by atoms with van der Waals surface area (Å²) in [7, 11) is 1.74. The lowest BCUT2D eigenvalue weighted by molar-refractivity contribution is -0.120. The van der Waals surface area contributed by atoms with E-state index in [0.29, 0.717) is 16.7 Å². The third-order valence-electron chi connectivity index (χ3n) is 2.06. The van der Waals surface area contributed by atoms with Crippen LogP contribution in [0, 0.1) is 0 Å². The van der Waals surface area contributed by atoms with Gasteiger partial charge >= 0.3 is 0 Å². The molecule has 0 aliphatic rings. The number of hydrogen-bond donors (Lipinski definition) is 2. The van der Waals surface area contributed by atoms with E-state index in [-0.39, 0.29) is 18.5 Å². The van der Waals surface area contributed by atoms with Crippen molar-refractivity contribution in [1.82, 2.24) is 10.3 Å². The molecule has 1 aromatic heterocycles. The molecule has 0 bridgehead atoms. The van der Waals surface area contributed by atoms with Gasteiger partial charge in [0.25, 0.3) is 0 Å². The number of carbonyl (C=O) groups excluding carboxylic acids is 1. The Morgan fingerprint density at radius 1 is 1.59 bits per heavy atom. The van der Waals surface area contributed by atoms with E-state index in [0.717, 1.165) is 0 Å². The molecular weight excluding hydrogens is 240 g/mol. The van der Waals surface area contributed by atoms with Crippen molar-refractivity contribution in [2.75, 3.05) is 24.2 Å². The molecule has 17 heavy (non-hydrogen) atoms. The molecule has 0 unspecified atom stereocenters. The van der Waals surface area contributed by atoms with Crippen LogP contribution < -0.4 is 16.0 Å². The molecule has 0 aromatic carbocycles. The van der Waals surface area contributed by atoms with Gasteiger partial charge < -0.3 is 16.0 Å². The van der Waals surface area contributed by atoms with Crippen molar-refractivity contribution in [3.8, 4) is 0 Å². The smallest absolute Gasteiger partial charge is 0.239 e. The highest BCUT2D eigenvalue weighted by atomic mass is 35.5. The maximum Gasteiger partial charge on any atom is 0.239 e. The minimum absolute atomic E-state index is 0.0799. The Balaban J connectivity index is 2.72. The quantitative estimate of drug-likeness (QED) is 0.796. The van der Waals surface area contributed by atoms with Crippen molar-refractivity contribution in [3.05, 3.63) is 17.3 Å². The maximum atomic E-state index is 11.6. The van der Waals surface area contributed by atoms with E-state index in [4.69, 9.17) is 17.3 Å². The minimum atomic E-state index is -0.0799. The van der Waals surface area contributed by atoms with E-state index in [1.165, 1.54) is 0 Å². The fraction of sp³-hybridized carbons (Fsp3) is 0.455. The van der Waals surface area contributed by atoms with Crippen molar-refractivity contribution in [2.45, 2.75) is 19.9 Å². The summed E-state index contributed by atoms with van der Waals surface area (Å²) in [4.78, 5) is 17.3. The maximum absolute atomic E-state index is 11.6. The molecule has 1 rings (SSSR count). The number of anilines is 2. The normalized spacial score (nSPS) is 10.4. The zero-order valence-electron chi connectivity index (χ0n) is 10.2. The molecule has 6 heteroatoms. The lowest BCUT2D eigenvalue weighted by Crippen LogP contribution is -2.39. The molecule has 94 valence electrons. The molecule has 0 saturated carbocycles. The van der Waals surface area contributed by atoms with Gasteiger partial charge in [-0.3, -0.25) is 4.79 Å². The number of carbonyl (C=O) groups is 1. The van der Waals surface area contributed by atoms with E-state index in [2.05, 4.69) is 10.3 Å². The fourth-order valence-corrected chi connectivity index (χ4v) is 1.54. The molecule has 5 nitrogen and oxygen atoms in total. The van der Waals surface area contributed by atoms with Crippen LogP contribution in [0.1, 0.15) is 13.8 Å². The van der Waals surface area contributed by atoms with Crippen LogP contribution in [-0.2, 0) is 4.79 Å². The second kappa shape index (κ2) is 5.72. The monoisotopic (exact) mass is 256 g/mol. The van der Waals surface area contributed by atoms with Crippen LogP contribution in [-0.4, -0.2) is 30.5 Å². The summed E-state index contributed by atoms with van der Waals surface area (Å²) in [5.41, 5.74) is 6.27. The molecule has 0 saturated heterocycles. The molecule has 1 heterocycles. The number of nitrogens with one attached hydrogen (secondary N) is 1. The van der Waals surface area contributed by atoms with E-state index >= 15 is 0 Å². The van der Waals surface area contributed by atoms with Crippen LogP contribution in [0.3, 0.4) is 0 Å². The lowest BCUT2D eigenvalue weighted by Gasteiger charge is -2.20. The predicted molar refractivity (Wildman–Crippen MR) is 70.2 cm³/mol. The van der Waals surface area contributed by atoms with E-state index < -0.39 is 0 Å². The average molecular weight is 257 g/mol. The van der Waals surface area contributed by atoms with Gasteiger partial charge in [0, 0.05) is 13.1 Å². The summed E-state index contributed by atoms with van der Waals surface area (Å²) in [6.07, 6.45) is 0.